The zero-order valence-corrected chi connectivity index (χ0v) is 16.5. The Kier molecular flexibility index (Phi) is 7.04. The van der Waals surface area contributed by atoms with Crippen LogP contribution in [-0.4, -0.2) is 77.2 Å². The molecule has 1 aliphatic heterocycles. The fourth-order valence-electron chi connectivity index (χ4n) is 3.67. The highest BCUT2D eigenvalue weighted by Gasteiger charge is 2.80. The van der Waals surface area contributed by atoms with Crippen molar-refractivity contribution in [3.8, 4) is 11.5 Å². The van der Waals surface area contributed by atoms with Gasteiger partial charge in [-0.1, -0.05) is 6.07 Å². The highest BCUT2D eigenvalue weighted by atomic mass is 19.4. The average Bonchev–Trinajstić information content (AvgIpc) is 3.21. The van der Waals surface area contributed by atoms with E-state index in [-0.39, 0.29) is 19.5 Å². The predicted octanol–water partition coefficient (Wildman–Crippen LogP) is 1.96. The van der Waals surface area contributed by atoms with Crippen LogP contribution in [0.5, 0.6) is 11.5 Å². The second-order valence-electron chi connectivity index (χ2n) is 7.22. The lowest BCUT2D eigenvalue weighted by Gasteiger charge is -2.19. The highest BCUT2D eigenvalue weighted by Crippen LogP contribution is 2.68. The van der Waals surface area contributed by atoms with Gasteiger partial charge in [-0.2, -0.15) is 13.2 Å². The van der Waals surface area contributed by atoms with E-state index in [0.717, 1.165) is 5.75 Å². The second kappa shape index (κ2) is 9.00. The molecule has 0 unspecified atom stereocenters. The van der Waals surface area contributed by atoms with Crippen LogP contribution in [0, 0.1) is 10.8 Å². The minimum Gasteiger partial charge on any atom is -0.494 e. The summed E-state index contributed by atoms with van der Waals surface area (Å²) in [4.78, 5) is 33.7. The molecule has 0 amide bonds. The lowest BCUT2D eigenvalue weighted by Crippen LogP contribution is -2.32. The van der Waals surface area contributed by atoms with Crippen molar-refractivity contribution >= 4 is 17.9 Å². The normalized spacial score (nSPS) is 24.4. The van der Waals surface area contributed by atoms with Crippen LogP contribution in [0.25, 0.3) is 0 Å². The molecule has 31 heavy (non-hydrogen) atoms. The number of likely N-dealkylation sites (tertiary alicyclic amines) is 1. The molecule has 0 spiro atoms. The van der Waals surface area contributed by atoms with Gasteiger partial charge in [-0.3, -0.25) is 14.5 Å². The Morgan fingerprint density at radius 2 is 1.52 bits per heavy atom. The number of rotatable bonds is 8. The fraction of sp³-hybridized carbons (Fsp3) is 0.526. The SMILES string of the molecule is CCOc1cccc(OCCN2C[C@@]3(C(=O)O)C[C@@]3(C(=O)O)C2)c1.O=C(O)C(F)(F)F. The Hall–Kier alpha value is -3.02. The third-order valence-electron chi connectivity index (χ3n) is 5.24. The first-order chi connectivity index (χ1) is 14.4. The van der Waals surface area contributed by atoms with Crippen LogP contribution in [0.2, 0.25) is 0 Å². The van der Waals surface area contributed by atoms with E-state index < -0.39 is 34.9 Å². The van der Waals surface area contributed by atoms with Crippen LogP contribution < -0.4 is 9.47 Å². The standard InChI is InChI=1S/C17H21NO6.C2HF3O2/c1-2-23-12-4-3-5-13(8-12)24-7-6-18-10-16(14(19)20)9-17(16,11-18)15(21)22;3-2(4,5)1(6)7/h3-5,8H,2,6-7,9-11H2,1H3,(H,19,20)(H,21,22);(H,6,7)/t16-,17+;. The number of piperidine rings is 1. The number of halogens is 3. The maximum Gasteiger partial charge on any atom is 0.490 e. The molecule has 2 aliphatic rings. The van der Waals surface area contributed by atoms with Gasteiger partial charge < -0.3 is 24.8 Å². The molecule has 3 N–H and O–H groups in total. The van der Waals surface area contributed by atoms with E-state index in [0.29, 0.717) is 25.5 Å². The molecule has 2 fully saturated rings. The Morgan fingerprint density at radius 1 is 1.03 bits per heavy atom. The topological polar surface area (TPSA) is 134 Å². The smallest absolute Gasteiger partial charge is 0.490 e. The third-order valence-corrected chi connectivity index (χ3v) is 5.24. The van der Waals surface area contributed by atoms with Gasteiger partial charge in [-0.05, 0) is 25.5 Å². The van der Waals surface area contributed by atoms with Gasteiger partial charge in [-0.15, -0.1) is 0 Å². The first-order valence-corrected chi connectivity index (χ1v) is 9.23. The van der Waals surface area contributed by atoms with Crippen molar-refractivity contribution in [2.75, 3.05) is 32.8 Å². The molecule has 1 aliphatic carbocycles. The number of carbonyl (C=O) groups is 3. The monoisotopic (exact) mass is 449 g/mol. The Balaban J connectivity index is 0.000000423. The summed E-state index contributed by atoms with van der Waals surface area (Å²) in [5, 5.41) is 25.9. The highest BCUT2D eigenvalue weighted by molar-refractivity contribution is 5.94. The van der Waals surface area contributed by atoms with E-state index in [4.69, 9.17) is 19.4 Å². The minimum atomic E-state index is -5.08. The molecule has 0 aromatic heterocycles. The van der Waals surface area contributed by atoms with Crippen LogP contribution in [0.4, 0.5) is 13.2 Å². The molecule has 9 nitrogen and oxygen atoms in total. The van der Waals surface area contributed by atoms with Crippen LogP contribution in [0.15, 0.2) is 24.3 Å². The van der Waals surface area contributed by atoms with E-state index in [9.17, 15) is 33.0 Å². The number of alkyl halides is 3. The fourth-order valence-corrected chi connectivity index (χ4v) is 3.67. The van der Waals surface area contributed by atoms with Crippen molar-refractivity contribution in [1.82, 2.24) is 4.90 Å². The molecule has 1 aromatic rings. The molecule has 12 heteroatoms. The van der Waals surface area contributed by atoms with Gasteiger partial charge in [0.25, 0.3) is 0 Å². The minimum absolute atomic E-state index is 0.221. The van der Waals surface area contributed by atoms with Crippen LogP contribution >= 0.6 is 0 Å². The molecule has 1 saturated heterocycles. The van der Waals surface area contributed by atoms with Gasteiger partial charge in [0, 0.05) is 25.7 Å². The Labute approximate surface area is 175 Å². The number of hydrogen-bond acceptors (Lipinski definition) is 6. The van der Waals surface area contributed by atoms with Gasteiger partial charge in [0.1, 0.15) is 18.1 Å². The van der Waals surface area contributed by atoms with Crippen molar-refractivity contribution in [3.63, 3.8) is 0 Å². The lowest BCUT2D eigenvalue weighted by molar-refractivity contribution is -0.192. The summed E-state index contributed by atoms with van der Waals surface area (Å²) < 4.78 is 42.8. The van der Waals surface area contributed by atoms with Crippen molar-refractivity contribution in [3.05, 3.63) is 24.3 Å². The molecule has 1 saturated carbocycles. The van der Waals surface area contributed by atoms with Gasteiger partial charge in [0.2, 0.25) is 0 Å². The van der Waals surface area contributed by atoms with E-state index in [1.807, 2.05) is 30.0 Å². The Morgan fingerprint density at radius 3 is 1.94 bits per heavy atom. The summed E-state index contributed by atoms with van der Waals surface area (Å²) in [6.07, 6.45) is -4.86. The summed E-state index contributed by atoms with van der Waals surface area (Å²) in [6, 6.07) is 7.30. The first kappa shape index (κ1) is 24.3. The summed E-state index contributed by atoms with van der Waals surface area (Å²) in [7, 11) is 0. The quantitative estimate of drug-likeness (QED) is 0.545. The maximum atomic E-state index is 11.5. The molecular weight excluding hydrogens is 427 g/mol. The largest absolute Gasteiger partial charge is 0.494 e. The zero-order valence-electron chi connectivity index (χ0n) is 16.5. The number of nitrogens with zero attached hydrogens (tertiary/aromatic N) is 1. The number of hydrogen-bond donors (Lipinski definition) is 3. The molecule has 0 bridgehead atoms. The van der Waals surface area contributed by atoms with Crippen molar-refractivity contribution in [2.45, 2.75) is 19.5 Å². The number of aliphatic carboxylic acids is 3. The van der Waals surface area contributed by atoms with Crippen molar-refractivity contribution in [1.29, 1.82) is 0 Å². The Bertz CT molecular complexity index is 818. The van der Waals surface area contributed by atoms with E-state index in [1.165, 1.54) is 0 Å². The summed E-state index contributed by atoms with van der Waals surface area (Å²) in [5.74, 6) is -3.39. The van der Waals surface area contributed by atoms with Gasteiger partial charge >= 0.3 is 24.1 Å². The summed E-state index contributed by atoms with van der Waals surface area (Å²) in [5.41, 5.74) is -2.26. The molecular formula is C19H22F3NO8. The maximum absolute atomic E-state index is 11.5. The molecule has 172 valence electrons. The van der Waals surface area contributed by atoms with Gasteiger partial charge in [0.15, 0.2) is 0 Å². The van der Waals surface area contributed by atoms with Crippen LogP contribution in [0.1, 0.15) is 13.3 Å². The molecule has 0 radical (unpaired) electrons. The summed E-state index contributed by atoms with van der Waals surface area (Å²) >= 11 is 0. The number of fused-ring (bicyclic) bond motifs is 1. The predicted molar refractivity (Wildman–Crippen MR) is 98.0 cm³/mol. The zero-order chi connectivity index (χ0) is 23.4. The van der Waals surface area contributed by atoms with Crippen LogP contribution in [-0.2, 0) is 14.4 Å². The molecule has 1 heterocycles. The van der Waals surface area contributed by atoms with Crippen LogP contribution in [0.3, 0.4) is 0 Å². The molecule has 2 atom stereocenters. The van der Waals surface area contributed by atoms with E-state index in [2.05, 4.69) is 0 Å². The van der Waals surface area contributed by atoms with Gasteiger partial charge in [-0.25, -0.2) is 4.79 Å². The molecule has 1 aromatic carbocycles. The van der Waals surface area contributed by atoms with Crippen molar-refractivity contribution < 1.29 is 52.3 Å². The first-order valence-electron chi connectivity index (χ1n) is 9.23. The average molecular weight is 449 g/mol. The summed E-state index contributed by atoms with van der Waals surface area (Å²) in [6.45, 7) is 3.85. The van der Waals surface area contributed by atoms with E-state index >= 15 is 0 Å². The number of benzene rings is 1. The van der Waals surface area contributed by atoms with Gasteiger partial charge in [0.05, 0.1) is 17.4 Å². The third kappa shape index (κ3) is 5.19. The number of ether oxygens (including phenoxy) is 2. The lowest BCUT2D eigenvalue weighted by atomic mass is 9.97. The number of carboxylic acid groups (broad SMARTS) is 3. The van der Waals surface area contributed by atoms with E-state index in [1.54, 1.807) is 6.07 Å². The van der Waals surface area contributed by atoms with Crippen molar-refractivity contribution in [2.24, 2.45) is 10.8 Å². The number of carboxylic acids is 3. The second-order valence-corrected chi connectivity index (χ2v) is 7.22. The molecule has 3 rings (SSSR count).